The van der Waals surface area contributed by atoms with Crippen molar-refractivity contribution in [2.45, 2.75) is 57.6 Å². The van der Waals surface area contributed by atoms with E-state index in [4.69, 9.17) is 30.8 Å². The smallest absolute Gasteiger partial charge is 0.439 e. The molecule has 7 rings (SSSR count). The molecule has 1 fully saturated rings. The van der Waals surface area contributed by atoms with Crippen molar-refractivity contribution in [3.8, 4) is 23.0 Å². The second-order valence-corrected chi connectivity index (χ2v) is 11.9. The van der Waals surface area contributed by atoms with Crippen molar-refractivity contribution in [3.05, 3.63) is 81.4 Å². The minimum atomic E-state index is -1.01. The summed E-state index contributed by atoms with van der Waals surface area (Å²) in [7, 11) is 1.70. The van der Waals surface area contributed by atoms with E-state index in [-0.39, 0.29) is 11.9 Å². The van der Waals surface area contributed by atoms with Gasteiger partial charge in [-0.15, -0.1) is 0 Å². The Kier molecular flexibility index (Phi) is 7.35. The monoisotopic (exact) mass is 617 g/mol. The molecule has 1 unspecified atom stereocenters. The number of fused-ring (bicyclic) bond motifs is 2. The number of aromatic amines is 1. The first-order valence-corrected chi connectivity index (χ1v) is 15.0. The number of H-pyrrole nitrogens is 1. The van der Waals surface area contributed by atoms with E-state index < -0.39 is 11.5 Å². The van der Waals surface area contributed by atoms with E-state index in [1.54, 1.807) is 25.6 Å². The molecule has 12 nitrogen and oxygen atoms in total. The van der Waals surface area contributed by atoms with Gasteiger partial charge in [-0.3, -0.25) is 24.4 Å². The predicted molar refractivity (Wildman–Crippen MR) is 162 cm³/mol. The minimum Gasteiger partial charge on any atom is -0.443 e. The zero-order valence-corrected chi connectivity index (χ0v) is 25.4. The Balaban J connectivity index is 1.08. The van der Waals surface area contributed by atoms with Crippen molar-refractivity contribution in [2.24, 2.45) is 0 Å². The number of hydrogen-bond donors (Lipinski definition) is 1. The van der Waals surface area contributed by atoms with Crippen LogP contribution < -0.4 is 15.2 Å². The zero-order valence-electron chi connectivity index (χ0n) is 24.6. The largest absolute Gasteiger partial charge is 0.443 e. The number of pyridine rings is 2. The van der Waals surface area contributed by atoms with Crippen LogP contribution in [-0.4, -0.2) is 60.9 Å². The second-order valence-electron chi connectivity index (χ2n) is 11.4. The topological polar surface area (TPSA) is 133 Å². The number of nitrogens with zero attached hydrogens (tertiary/aromatic N) is 6. The lowest BCUT2D eigenvalue weighted by Gasteiger charge is -2.32. The number of para-hydroxylation sites is 1. The summed E-state index contributed by atoms with van der Waals surface area (Å²) in [5.74, 6) is 1.40. The van der Waals surface area contributed by atoms with Gasteiger partial charge in [0.2, 0.25) is 5.82 Å². The van der Waals surface area contributed by atoms with Gasteiger partial charge in [0.1, 0.15) is 17.2 Å². The molecule has 4 aromatic heterocycles. The fourth-order valence-corrected chi connectivity index (χ4v) is 6.13. The summed E-state index contributed by atoms with van der Waals surface area (Å²) in [6.07, 6.45) is 5.28. The number of aromatic nitrogens is 6. The highest BCUT2D eigenvalue weighted by atomic mass is 35.5. The van der Waals surface area contributed by atoms with Crippen molar-refractivity contribution in [1.29, 1.82) is 0 Å². The van der Waals surface area contributed by atoms with Gasteiger partial charge < -0.3 is 18.8 Å². The average Bonchev–Trinajstić information content (AvgIpc) is 3.72. The van der Waals surface area contributed by atoms with E-state index in [9.17, 15) is 4.79 Å². The number of benzene rings is 1. The van der Waals surface area contributed by atoms with Crippen molar-refractivity contribution < 1.29 is 18.7 Å². The van der Waals surface area contributed by atoms with E-state index in [1.165, 1.54) is 0 Å². The maximum atomic E-state index is 11.5. The number of methoxy groups -OCH3 is 1. The molecule has 44 heavy (non-hydrogen) atoms. The summed E-state index contributed by atoms with van der Waals surface area (Å²) >= 11 is 6.05. The molecule has 0 amide bonds. The Bertz CT molecular complexity index is 1860. The maximum absolute atomic E-state index is 11.5. The van der Waals surface area contributed by atoms with Gasteiger partial charge in [0, 0.05) is 25.8 Å². The Morgan fingerprint density at radius 2 is 2.00 bits per heavy atom. The molecule has 1 saturated heterocycles. The predicted octanol–water partition coefficient (Wildman–Crippen LogP) is 4.88. The molecular weight excluding hydrogens is 586 g/mol. The van der Waals surface area contributed by atoms with Gasteiger partial charge >= 0.3 is 5.76 Å². The molecule has 2 aliphatic rings. The molecule has 0 bridgehead atoms. The van der Waals surface area contributed by atoms with Crippen molar-refractivity contribution >= 4 is 22.6 Å². The lowest BCUT2D eigenvalue weighted by Crippen LogP contribution is -2.34. The Labute approximate surface area is 257 Å². The molecular formula is C31H32ClN7O5. The minimum absolute atomic E-state index is 0.0142. The van der Waals surface area contributed by atoms with Crippen LogP contribution in [0.4, 0.5) is 0 Å². The summed E-state index contributed by atoms with van der Waals surface area (Å²) in [6, 6.07) is 11.6. The first-order valence-electron chi connectivity index (χ1n) is 14.6. The molecule has 5 aromatic rings. The zero-order chi connectivity index (χ0) is 30.4. The first kappa shape index (κ1) is 28.5. The molecule has 2 aliphatic heterocycles. The van der Waals surface area contributed by atoms with Crippen LogP contribution in [0.3, 0.4) is 0 Å². The Hall–Kier alpha value is -4.26. The standard InChI is InChI=1S/C31H32ClN7O5/c1-18(41-3)16-39-24-15-33-23(29-36-30(40)44-37-29)13-22(24)35-27(39)17-38-11-9-19(10-12-38)21-5-4-6-25-28(21)43-31(2,42-25)26-8-7-20(32)14-34-26/h4-8,13-15,18-19H,9-12,16-17H2,1-3H3,(H,36,37,40)/t18-,31?/m1/s1. The summed E-state index contributed by atoms with van der Waals surface area (Å²) in [4.78, 5) is 30.4. The van der Waals surface area contributed by atoms with Crippen LogP contribution in [0.25, 0.3) is 22.6 Å². The summed E-state index contributed by atoms with van der Waals surface area (Å²) < 4.78 is 25.2. The van der Waals surface area contributed by atoms with Crippen LogP contribution in [0, 0.1) is 0 Å². The molecule has 0 radical (unpaired) electrons. The summed E-state index contributed by atoms with van der Waals surface area (Å²) in [6.45, 7) is 7.03. The van der Waals surface area contributed by atoms with Crippen LogP contribution in [0.2, 0.25) is 5.02 Å². The van der Waals surface area contributed by atoms with Gasteiger partial charge in [0.25, 0.3) is 5.79 Å². The lowest BCUT2D eigenvalue weighted by atomic mass is 9.88. The molecule has 1 aromatic carbocycles. The number of nitrogens with one attached hydrogen (secondary N) is 1. The number of ether oxygens (including phenoxy) is 3. The van der Waals surface area contributed by atoms with Crippen molar-refractivity contribution in [3.63, 3.8) is 0 Å². The normalized spacial score (nSPS) is 19.5. The highest BCUT2D eigenvalue weighted by Gasteiger charge is 2.42. The lowest BCUT2D eigenvalue weighted by molar-refractivity contribution is -0.0722. The SMILES string of the molecule is CO[C@H](C)Cn1c(CN2CCC(c3cccc4c3OC(C)(c3ccc(Cl)cn3)O4)CC2)nc2cc(-c3noc(=O)[nH]3)ncc21. The molecule has 2 atom stereocenters. The fourth-order valence-electron chi connectivity index (χ4n) is 6.02. The van der Waals surface area contributed by atoms with E-state index in [2.05, 4.69) is 40.2 Å². The van der Waals surface area contributed by atoms with E-state index in [1.807, 2.05) is 38.1 Å². The highest BCUT2D eigenvalue weighted by molar-refractivity contribution is 6.30. The van der Waals surface area contributed by atoms with Crippen LogP contribution >= 0.6 is 11.6 Å². The average molecular weight is 618 g/mol. The van der Waals surface area contributed by atoms with Gasteiger partial charge in [0.05, 0.1) is 41.4 Å². The van der Waals surface area contributed by atoms with Crippen LogP contribution in [0.1, 0.15) is 49.7 Å². The van der Waals surface area contributed by atoms with Gasteiger partial charge in [-0.25, -0.2) is 9.78 Å². The van der Waals surface area contributed by atoms with E-state index in [0.717, 1.165) is 59.9 Å². The third-order valence-corrected chi connectivity index (χ3v) is 8.66. The number of rotatable bonds is 8. The first-order chi connectivity index (χ1) is 21.3. The molecule has 1 N–H and O–H groups in total. The van der Waals surface area contributed by atoms with Gasteiger partial charge in [-0.05, 0) is 63.0 Å². The Morgan fingerprint density at radius 1 is 1.16 bits per heavy atom. The summed E-state index contributed by atoms with van der Waals surface area (Å²) in [5, 5.41) is 4.33. The molecule has 0 spiro atoms. The maximum Gasteiger partial charge on any atom is 0.439 e. The second kappa shape index (κ2) is 11.3. The number of likely N-dealkylation sites (tertiary alicyclic amines) is 1. The van der Waals surface area contributed by atoms with Crippen LogP contribution in [-0.2, 0) is 23.6 Å². The van der Waals surface area contributed by atoms with Gasteiger partial charge in [0.15, 0.2) is 11.5 Å². The van der Waals surface area contributed by atoms with Gasteiger partial charge in [-0.1, -0.05) is 28.9 Å². The fraction of sp³-hybridized carbons (Fsp3) is 0.387. The number of imidazole rings is 1. The van der Waals surface area contributed by atoms with Crippen molar-refractivity contribution in [2.75, 3.05) is 20.2 Å². The number of halogens is 1. The third-order valence-electron chi connectivity index (χ3n) is 8.43. The van der Waals surface area contributed by atoms with Crippen LogP contribution in [0.15, 0.2) is 58.1 Å². The quantitative estimate of drug-likeness (QED) is 0.257. The molecule has 0 saturated carbocycles. The third kappa shape index (κ3) is 5.33. The van der Waals surface area contributed by atoms with Gasteiger partial charge in [-0.2, -0.15) is 0 Å². The van der Waals surface area contributed by atoms with Crippen LogP contribution in [0.5, 0.6) is 11.5 Å². The number of piperidine rings is 1. The molecule has 6 heterocycles. The molecule has 228 valence electrons. The molecule has 0 aliphatic carbocycles. The van der Waals surface area contributed by atoms with E-state index in [0.29, 0.717) is 35.4 Å². The highest BCUT2D eigenvalue weighted by Crippen LogP contribution is 2.49. The van der Waals surface area contributed by atoms with Crippen molar-refractivity contribution in [1.82, 2.24) is 34.6 Å². The molecule has 13 heteroatoms. The van der Waals surface area contributed by atoms with E-state index >= 15 is 0 Å². The Morgan fingerprint density at radius 3 is 2.73 bits per heavy atom. The number of hydrogen-bond acceptors (Lipinski definition) is 10. The summed E-state index contributed by atoms with van der Waals surface area (Å²) in [5.41, 5.74) is 3.97.